The smallest absolute Gasteiger partial charge is 0.133 e. The molecule has 0 aliphatic heterocycles. The van der Waals surface area contributed by atoms with Crippen LogP contribution in [0.15, 0.2) is 79.0 Å². The maximum Gasteiger partial charge on any atom is 0.133 e. The van der Waals surface area contributed by atoms with Gasteiger partial charge in [0, 0.05) is 23.8 Å². The summed E-state index contributed by atoms with van der Waals surface area (Å²) >= 11 is 12.3. The predicted octanol–water partition coefficient (Wildman–Crippen LogP) is 7.23. The van der Waals surface area contributed by atoms with Crippen LogP contribution in [0.25, 0.3) is 34.5 Å². The second kappa shape index (κ2) is 8.05. The summed E-state index contributed by atoms with van der Waals surface area (Å²) in [6.45, 7) is 0. The number of aryl methyl sites for hydroxylation is 1. The molecular formula is C24H18Cl2N2. The van der Waals surface area contributed by atoms with Gasteiger partial charge in [-0.1, -0.05) is 83.9 Å². The minimum Gasteiger partial charge on any atom is -0.334 e. The van der Waals surface area contributed by atoms with Crippen molar-refractivity contribution in [2.75, 3.05) is 0 Å². The van der Waals surface area contributed by atoms with Crippen molar-refractivity contribution in [1.82, 2.24) is 9.55 Å². The summed E-state index contributed by atoms with van der Waals surface area (Å²) in [6, 6.07) is 24.3. The van der Waals surface area contributed by atoms with Gasteiger partial charge in [0.1, 0.15) is 5.82 Å². The Morgan fingerprint density at radius 2 is 1.54 bits per heavy atom. The van der Waals surface area contributed by atoms with E-state index in [-0.39, 0.29) is 0 Å². The minimum absolute atomic E-state index is 0.595. The number of halogens is 2. The number of benzene rings is 3. The molecule has 1 heterocycles. The quantitative estimate of drug-likeness (QED) is 0.350. The average molecular weight is 405 g/mol. The first-order chi connectivity index (χ1) is 13.6. The van der Waals surface area contributed by atoms with E-state index in [1.165, 1.54) is 11.1 Å². The number of aromatic nitrogens is 2. The summed E-state index contributed by atoms with van der Waals surface area (Å²) in [4.78, 5) is 4.70. The zero-order valence-electron chi connectivity index (χ0n) is 15.3. The Hall–Kier alpha value is -2.81. The standard InChI is InChI=1S/C24H18Cl2N2/c1-28-16-23(21-13-12-20(25)15-22(21)26)27-24(28)14-9-17-7-10-19(11-8-17)18-5-3-2-4-6-18/h2-16H,1H3/b14-9+. The lowest BCUT2D eigenvalue weighted by molar-refractivity contribution is 0.898. The van der Waals surface area contributed by atoms with Gasteiger partial charge in [0.15, 0.2) is 0 Å². The summed E-state index contributed by atoms with van der Waals surface area (Å²) < 4.78 is 1.98. The molecule has 0 radical (unpaired) electrons. The molecule has 0 fully saturated rings. The Kier molecular flexibility index (Phi) is 5.34. The van der Waals surface area contributed by atoms with E-state index < -0.39 is 0 Å². The maximum atomic E-state index is 6.31. The van der Waals surface area contributed by atoms with Gasteiger partial charge in [0.2, 0.25) is 0 Å². The van der Waals surface area contributed by atoms with Crippen LogP contribution in [0, 0.1) is 0 Å². The molecule has 3 aromatic carbocycles. The maximum absolute atomic E-state index is 6.31. The molecular weight excluding hydrogens is 387 g/mol. The van der Waals surface area contributed by atoms with Crippen molar-refractivity contribution in [2.45, 2.75) is 0 Å². The van der Waals surface area contributed by atoms with Crippen molar-refractivity contribution >= 4 is 35.4 Å². The lowest BCUT2D eigenvalue weighted by Crippen LogP contribution is -1.88. The van der Waals surface area contributed by atoms with Crippen molar-refractivity contribution in [3.63, 3.8) is 0 Å². The van der Waals surface area contributed by atoms with Crippen molar-refractivity contribution in [3.05, 3.63) is 100 Å². The van der Waals surface area contributed by atoms with Gasteiger partial charge in [0.05, 0.1) is 10.7 Å². The SMILES string of the molecule is Cn1cc(-c2ccc(Cl)cc2Cl)nc1/C=C/c1ccc(-c2ccccc2)cc1. The normalized spacial score (nSPS) is 11.2. The van der Waals surface area contributed by atoms with Crippen molar-refractivity contribution in [2.24, 2.45) is 7.05 Å². The summed E-state index contributed by atoms with van der Waals surface area (Å²) in [5.74, 6) is 0.855. The molecule has 138 valence electrons. The molecule has 0 saturated carbocycles. The first-order valence-corrected chi connectivity index (χ1v) is 9.68. The molecule has 4 aromatic rings. The zero-order valence-corrected chi connectivity index (χ0v) is 16.8. The molecule has 0 aliphatic carbocycles. The summed E-state index contributed by atoms with van der Waals surface area (Å²) in [7, 11) is 1.97. The molecule has 4 rings (SSSR count). The molecule has 0 aliphatic rings. The van der Waals surface area contributed by atoms with Crippen LogP contribution in [0.4, 0.5) is 0 Å². The number of hydrogen-bond donors (Lipinski definition) is 0. The highest BCUT2D eigenvalue weighted by atomic mass is 35.5. The summed E-state index contributed by atoms with van der Waals surface area (Å²) in [5.41, 5.74) is 5.23. The van der Waals surface area contributed by atoms with Crippen LogP contribution in [0.3, 0.4) is 0 Å². The van der Waals surface area contributed by atoms with E-state index >= 15 is 0 Å². The Balaban J connectivity index is 1.56. The molecule has 0 bridgehead atoms. The van der Waals surface area contributed by atoms with Crippen LogP contribution in [0.5, 0.6) is 0 Å². The Bertz CT molecular complexity index is 1130. The molecule has 0 unspecified atom stereocenters. The third kappa shape index (κ3) is 4.04. The highest BCUT2D eigenvalue weighted by Gasteiger charge is 2.09. The monoisotopic (exact) mass is 404 g/mol. The molecule has 4 heteroatoms. The lowest BCUT2D eigenvalue weighted by Gasteiger charge is -2.02. The van der Waals surface area contributed by atoms with Crippen LogP contribution in [0.1, 0.15) is 11.4 Å². The molecule has 0 saturated heterocycles. The van der Waals surface area contributed by atoms with Crippen LogP contribution in [-0.4, -0.2) is 9.55 Å². The zero-order chi connectivity index (χ0) is 19.5. The minimum atomic E-state index is 0.595. The van der Waals surface area contributed by atoms with Gasteiger partial charge in [-0.15, -0.1) is 0 Å². The van der Waals surface area contributed by atoms with Crippen LogP contribution < -0.4 is 0 Å². The van der Waals surface area contributed by atoms with E-state index in [1.807, 2.05) is 42.1 Å². The summed E-state index contributed by atoms with van der Waals surface area (Å²) in [6.07, 6.45) is 6.03. The van der Waals surface area contributed by atoms with E-state index in [2.05, 4.69) is 54.6 Å². The highest BCUT2D eigenvalue weighted by Crippen LogP contribution is 2.30. The number of imidazole rings is 1. The van der Waals surface area contributed by atoms with Crippen molar-refractivity contribution < 1.29 is 0 Å². The van der Waals surface area contributed by atoms with E-state index in [0.29, 0.717) is 10.0 Å². The van der Waals surface area contributed by atoms with Crippen LogP contribution in [-0.2, 0) is 7.05 Å². The van der Waals surface area contributed by atoms with Crippen LogP contribution in [0.2, 0.25) is 10.0 Å². The van der Waals surface area contributed by atoms with Crippen molar-refractivity contribution in [1.29, 1.82) is 0 Å². The van der Waals surface area contributed by atoms with Crippen molar-refractivity contribution in [3.8, 4) is 22.4 Å². The fourth-order valence-electron chi connectivity index (χ4n) is 3.05. The van der Waals surface area contributed by atoms with Gasteiger partial charge in [-0.05, 0) is 41.0 Å². The van der Waals surface area contributed by atoms with Gasteiger partial charge in [0.25, 0.3) is 0 Å². The third-order valence-electron chi connectivity index (χ3n) is 4.56. The molecule has 28 heavy (non-hydrogen) atoms. The molecule has 0 spiro atoms. The van der Waals surface area contributed by atoms with E-state index in [1.54, 1.807) is 6.07 Å². The van der Waals surface area contributed by atoms with E-state index in [9.17, 15) is 0 Å². The molecule has 0 atom stereocenters. The van der Waals surface area contributed by atoms with Gasteiger partial charge in [-0.3, -0.25) is 0 Å². The Labute approximate surface area is 174 Å². The van der Waals surface area contributed by atoms with Gasteiger partial charge < -0.3 is 4.57 Å². The second-order valence-electron chi connectivity index (χ2n) is 6.54. The molecule has 0 amide bonds. The Morgan fingerprint density at radius 1 is 0.821 bits per heavy atom. The fourth-order valence-corrected chi connectivity index (χ4v) is 3.56. The number of nitrogens with zero attached hydrogens (tertiary/aromatic N) is 2. The first-order valence-electron chi connectivity index (χ1n) is 8.92. The molecule has 0 N–H and O–H groups in total. The topological polar surface area (TPSA) is 17.8 Å². The van der Waals surface area contributed by atoms with Gasteiger partial charge >= 0.3 is 0 Å². The second-order valence-corrected chi connectivity index (χ2v) is 7.38. The lowest BCUT2D eigenvalue weighted by atomic mass is 10.0. The average Bonchev–Trinajstić information content (AvgIpc) is 3.08. The molecule has 2 nitrogen and oxygen atoms in total. The number of rotatable bonds is 4. The molecule has 1 aromatic heterocycles. The van der Waals surface area contributed by atoms with Crippen LogP contribution >= 0.6 is 23.2 Å². The fraction of sp³-hybridized carbons (Fsp3) is 0.0417. The van der Waals surface area contributed by atoms with E-state index in [4.69, 9.17) is 28.2 Å². The summed E-state index contributed by atoms with van der Waals surface area (Å²) in [5, 5.41) is 1.21. The van der Waals surface area contributed by atoms with Gasteiger partial charge in [-0.25, -0.2) is 4.98 Å². The largest absolute Gasteiger partial charge is 0.334 e. The van der Waals surface area contributed by atoms with Gasteiger partial charge in [-0.2, -0.15) is 0 Å². The Morgan fingerprint density at radius 3 is 2.25 bits per heavy atom. The van der Waals surface area contributed by atoms with E-state index in [0.717, 1.165) is 22.6 Å². The number of hydrogen-bond acceptors (Lipinski definition) is 1. The predicted molar refractivity (Wildman–Crippen MR) is 119 cm³/mol. The first kappa shape index (κ1) is 18.5. The third-order valence-corrected chi connectivity index (χ3v) is 5.11. The highest BCUT2D eigenvalue weighted by molar-refractivity contribution is 6.36.